The van der Waals surface area contributed by atoms with Crippen molar-refractivity contribution in [1.29, 1.82) is 0 Å². The first-order chi connectivity index (χ1) is 15.3. The molecular formula is C23H22F3N5O. The molecule has 0 saturated heterocycles. The largest absolute Gasteiger partial charge is 0.418 e. The second kappa shape index (κ2) is 7.65. The first-order valence-electron chi connectivity index (χ1n) is 10.5. The fourth-order valence-electron chi connectivity index (χ4n) is 4.62. The summed E-state index contributed by atoms with van der Waals surface area (Å²) in [5.41, 5.74) is 1.09. The SMILES string of the molecule is Cn1cnnc1[C@@H](c1cccc(N2C=C3C(C(F)(F)F)=CC(C=O)=CN3C2)c1)C1CCC1. The minimum atomic E-state index is -4.55. The third kappa shape index (κ3) is 3.51. The van der Waals surface area contributed by atoms with Gasteiger partial charge < -0.3 is 14.4 Å². The Kier molecular flexibility index (Phi) is 4.91. The summed E-state index contributed by atoms with van der Waals surface area (Å²) in [6.07, 6.45) is 4.84. The van der Waals surface area contributed by atoms with Crippen LogP contribution in [0.25, 0.3) is 0 Å². The number of aryl methyl sites for hydroxylation is 1. The highest BCUT2D eigenvalue weighted by Gasteiger charge is 2.42. The Morgan fingerprint density at radius 3 is 2.62 bits per heavy atom. The van der Waals surface area contributed by atoms with E-state index in [4.69, 9.17) is 0 Å². The summed E-state index contributed by atoms with van der Waals surface area (Å²) in [6, 6.07) is 7.88. The maximum Gasteiger partial charge on any atom is 0.418 e. The van der Waals surface area contributed by atoms with E-state index in [0.717, 1.165) is 36.0 Å². The van der Waals surface area contributed by atoms with Crippen LogP contribution in [0.3, 0.4) is 0 Å². The molecular weight excluding hydrogens is 419 g/mol. The first-order valence-corrected chi connectivity index (χ1v) is 10.5. The number of aldehydes is 1. The van der Waals surface area contributed by atoms with Crippen molar-refractivity contribution in [2.24, 2.45) is 13.0 Å². The molecule has 6 nitrogen and oxygen atoms in total. The van der Waals surface area contributed by atoms with Crippen molar-refractivity contribution in [2.45, 2.75) is 31.4 Å². The van der Waals surface area contributed by atoms with Crippen LogP contribution in [0.15, 0.2) is 65.9 Å². The van der Waals surface area contributed by atoms with Gasteiger partial charge >= 0.3 is 6.18 Å². The number of benzene rings is 1. The van der Waals surface area contributed by atoms with E-state index in [1.54, 1.807) is 11.2 Å². The maximum atomic E-state index is 13.6. The van der Waals surface area contributed by atoms with Crippen molar-refractivity contribution >= 4 is 12.0 Å². The number of halogens is 3. The van der Waals surface area contributed by atoms with E-state index in [9.17, 15) is 18.0 Å². The molecule has 1 fully saturated rings. The van der Waals surface area contributed by atoms with Crippen molar-refractivity contribution in [1.82, 2.24) is 19.7 Å². The van der Waals surface area contributed by atoms with Gasteiger partial charge in [-0.3, -0.25) is 4.79 Å². The highest BCUT2D eigenvalue weighted by molar-refractivity contribution is 5.79. The van der Waals surface area contributed by atoms with E-state index in [0.29, 0.717) is 12.2 Å². The minimum absolute atomic E-state index is 0.00240. The van der Waals surface area contributed by atoms with Crippen LogP contribution in [-0.4, -0.2) is 38.8 Å². The van der Waals surface area contributed by atoms with Crippen LogP contribution < -0.4 is 4.90 Å². The van der Waals surface area contributed by atoms with Crippen LogP contribution in [0.5, 0.6) is 0 Å². The number of allylic oxidation sites excluding steroid dienone is 3. The van der Waals surface area contributed by atoms with Crippen LogP contribution in [0.4, 0.5) is 18.9 Å². The van der Waals surface area contributed by atoms with Gasteiger partial charge in [0.25, 0.3) is 0 Å². The Balaban J connectivity index is 1.50. The molecule has 1 aromatic heterocycles. The Labute approximate surface area is 183 Å². The predicted octanol–water partition coefficient (Wildman–Crippen LogP) is 4.25. The van der Waals surface area contributed by atoms with Crippen LogP contribution in [-0.2, 0) is 11.8 Å². The van der Waals surface area contributed by atoms with Crippen molar-refractivity contribution in [2.75, 3.05) is 11.6 Å². The Hall–Kier alpha value is -3.36. The monoisotopic (exact) mass is 441 g/mol. The van der Waals surface area contributed by atoms with Gasteiger partial charge in [-0.1, -0.05) is 18.6 Å². The molecule has 1 atom stereocenters. The number of anilines is 1. The van der Waals surface area contributed by atoms with Crippen LogP contribution >= 0.6 is 0 Å². The number of aromatic nitrogens is 3. The lowest BCUT2D eigenvalue weighted by molar-refractivity contribution is -0.104. The standard InChI is InChI=1S/C23H22F3N5O/c1-29-13-27-28-22(29)21(16-4-2-5-16)17-6-3-7-18(9-17)30-11-20-19(23(24,25)26)8-15(12-32)10-31(20)14-30/h3,6-13,16,21H,2,4-5,14H2,1H3/t21-/m1/s1. The molecule has 2 aliphatic heterocycles. The predicted molar refractivity (Wildman–Crippen MR) is 112 cm³/mol. The summed E-state index contributed by atoms with van der Waals surface area (Å²) in [5.74, 6) is 1.44. The molecule has 32 heavy (non-hydrogen) atoms. The second-order valence-electron chi connectivity index (χ2n) is 8.46. The number of hydrogen-bond donors (Lipinski definition) is 0. The third-order valence-electron chi connectivity index (χ3n) is 6.43. The number of carbonyl (C=O) groups is 1. The molecule has 1 aliphatic carbocycles. The van der Waals surface area contributed by atoms with E-state index in [2.05, 4.69) is 10.2 Å². The van der Waals surface area contributed by atoms with Crippen molar-refractivity contribution in [3.8, 4) is 0 Å². The number of hydrogen-bond acceptors (Lipinski definition) is 5. The van der Waals surface area contributed by atoms with E-state index in [-0.39, 0.29) is 23.9 Å². The number of rotatable bonds is 5. The highest BCUT2D eigenvalue weighted by Crippen LogP contribution is 2.44. The lowest BCUT2D eigenvalue weighted by Gasteiger charge is -2.34. The number of carbonyl (C=O) groups excluding carboxylic acids is 1. The molecule has 5 rings (SSSR count). The molecule has 166 valence electrons. The van der Waals surface area contributed by atoms with Gasteiger partial charge in [0, 0.05) is 36.6 Å². The van der Waals surface area contributed by atoms with Gasteiger partial charge in [-0.15, -0.1) is 10.2 Å². The topological polar surface area (TPSA) is 54.3 Å². The first kappa shape index (κ1) is 20.5. The number of alkyl halides is 3. The fraction of sp³-hybridized carbons (Fsp3) is 0.348. The quantitative estimate of drug-likeness (QED) is 0.650. The molecule has 0 unspecified atom stereocenters. The Bertz CT molecular complexity index is 1140. The molecule has 1 aromatic carbocycles. The van der Waals surface area contributed by atoms with Gasteiger partial charge in [0.2, 0.25) is 0 Å². The van der Waals surface area contributed by atoms with Gasteiger partial charge in [0.05, 0.1) is 17.9 Å². The molecule has 0 spiro atoms. The van der Waals surface area contributed by atoms with Crippen molar-refractivity contribution in [3.63, 3.8) is 0 Å². The maximum absolute atomic E-state index is 13.6. The van der Waals surface area contributed by atoms with Gasteiger partial charge in [-0.05, 0) is 42.5 Å². The van der Waals surface area contributed by atoms with Crippen LogP contribution in [0.1, 0.15) is 36.6 Å². The third-order valence-corrected chi connectivity index (χ3v) is 6.43. The van der Waals surface area contributed by atoms with E-state index in [1.807, 2.05) is 35.9 Å². The fourth-order valence-corrected chi connectivity index (χ4v) is 4.62. The van der Waals surface area contributed by atoms with E-state index >= 15 is 0 Å². The molecule has 0 radical (unpaired) electrons. The minimum Gasteiger partial charge on any atom is -0.327 e. The van der Waals surface area contributed by atoms with Crippen molar-refractivity contribution in [3.05, 3.63) is 77.3 Å². The molecule has 1 saturated carbocycles. The van der Waals surface area contributed by atoms with Crippen LogP contribution in [0.2, 0.25) is 0 Å². The Morgan fingerprint density at radius 2 is 2.00 bits per heavy atom. The molecule has 0 N–H and O–H groups in total. The Morgan fingerprint density at radius 1 is 1.19 bits per heavy atom. The van der Waals surface area contributed by atoms with Crippen LogP contribution in [0, 0.1) is 5.92 Å². The average Bonchev–Trinajstić information content (AvgIpc) is 3.35. The summed E-state index contributed by atoms with van der Waals surface area (Å²) in [4.78, 5) is 14.4. The summed E-state index contributed by atoms with van der Waals surface area (Å²) in [7, 11) is 1.93. The summed E-state index contributed by atoms with van der Waals surface area (Å²) < 4.78 is 42.7. The highest BCUT2D eigenvalue weighted by atomic mass is 19.4. The zero-order chi connectivity index (χ0) is 22.5. The van der Waals surface area contributed by atoms with Crippen molar-refractivity contribution < 1.29 is 18.0 Å². The molecule has 2 aromatic rings. The van der Waals surface area contributed by atoms with Gasteiger partial charge in [0.1, 0.15) is 12.2 Å². The molecule has 3 heterocycles. The molecule has 0 bridgehead atoms. The summed E-state index contributed by atoms with van der Waals surface area (Å²) in [5, 5.41) is 8.38. The lowest BCUT2D eigenvalue weighted by atomic mass is 9.72. The van der Waals surface area contributed by atoms with Gasteiger partial charge in [0.15, 0.2) is 6.29 Å². The molecule has 3 aliphatic rings. The van der Waals surface area contributed by atoms with E-state index in [1.165, 1.54) is 23.7 Å². The summed E-state index contributed by atoms with van der Waals surface area (Å²) >= 11 is 0. The zero-order valence-electron chi connectivity index (χ0n) is 17.5. The van der Waals surface area contributed by atoms with Gasteiger partial charge in [-0.25, -0.2) is 0 Å². The smallest absolute Gasteiger partial charge is 0.327 e. The normalized spacial score (nSPS) is 19.7. The second-order valence-corrected chi connectivity index (χ2v) is 8.46. The molecule has 9 heteroatoms. The number of nitrogens with zero attached hydrogens (tertiary/aromatic N) is 5. The molecule has 0 amide bonds. The zero-order valence-corrected chi connectivity index (χ0v) is 17.5. The van der Waals surface area contributed by atoms with E-state index < -0.39 is 11.7 Å². The van der Waals surface area contributed by atoms with Gasteiger partial charge in [-0.2, -0.15) is 13.2 Å². The average molecular weight is 441 g/mol. The number of fused-ring (bicyclic) bond motifs is 1. The lowest BCUT2D eigenvalue weighted by Crippen LogP contribution is -2.28. The summed E-state index contributed by atoms with van der Waals surface area (Å²) in [6.45, 7) is 0.196.